The minimum Gasteiger partial charge on any atom is -0.355 e. The molecular weight excluding hydrogens is 321 g/mol. The van der Waals surface area contributed by atoms with Crippen LogP contribution in [0.2, 0.25) is 0 Å². The number of hydrogen-bond donors (Lipinski definition) is 2. The molecule has 1 amide bonds. The first kappa shape index (κ1) is 22.0. The van der Waals surface area contributed by atoms with Gasteiger partial charge in [0, 0.05) is 25.0 Å². The summed E-state index contributed by atoms with van der Waals surface area (Å²) >= 11 is 0. The number of rotatable bonds is 6. The minimum absolute atomic E-state index is 0. The van der Waals surface area contributed by atoms with E-state index in [4.69, 9.17) is 5.73 Å². The zero-order chi connectivity index (χ0) is 14.4. The Hall–Kier alpha value is -0.0300. The van der Waals surface area contributed by atoms with Gasteiger partial charge in [0.15, 0.2) is 0 Å². The normalized spacial score (nSPS) is 28.5. The zero-order valence-corrected chi connectivity index (χ0v) is 15.4. The van der Waals surface area contributed by atoms with Crippen LogP contribution in [-0.4, -0.2) is 43.0 Å². The van der Waals surface area contributed by atoms with Crippen LogP contribution >= 0.6 is 24.8 Å². The molecular formula is C16H33Cl2N3O. The van der Waals surface area contributed by atoms with Gasteiger partial charge in [-0.05, 0) is 51.1 Å². The third-order valence-corrected chi connectivity index (χ3v) is 5.22. The van der Waals surface area contributed by atoms with Crippen LogP contribution < -0.4 is 11.1 Å². The molecule has 1 saturated carbocycles. The molecule has 0 aromatic carbocycles. The summed E-state index contributed by atoms with van der Waals surface area (Å²) in [6.07, 6.45) is 8.52. The van der Waals surface area contributed by atoms with Gasteiger partial charge < -0.3 is 11.1 Å². The Morgan fingerprint density at radius 2 is 1.95 bits per heavy atom. The lowest BCUT2D eigenvalue weighted by atomic mass is 9.95. The fraction of sp³-hybridized carbons (Fsp3) is 0.938. The zero-order valence-electron chi connectivity index (χ0n) is 13.8. The van der Waals surface area contributed by atoms with E-state index in [1.165, 1.54) is 32.2 Å². The predicted octanol–water partition coefficient (Wildman–Crippen LogP) is 2.59. The van der Waals surface area contributed by atoms with Crippen molar-refractivity contribution in [1.29, 1.82) is 0 Å². The molecule has 1 aliphatic carbocycles. The Labute approximate surface area is 147 Å². The minimum atomic E-state index is 0. The smallest absolute Gasteiger partial charge is 0.223 e. The van der Waals surface area contributed by atoms with Gasteiger partial charge in [0.25, 0.3) is 0 Å². The topological polar surface area (TPSA) is 58.4 Å². The number of hydrogen-bond acceptors (Lipinski definition) is 3. The molecule has 4 nitrogen and oxygen atoms in total. The van der Waals surface area contributed by atoms with E-state index in [1.807, 2.05) is 0 Å². The molecule has 1 heterocycles. The quantitative estimate of drug-likeness (QED) is 0.771. The first-order valence-corrected chi connectivity index (χ1v) is 8.48. The van der Waals surface area contributed by atoms with Gasteiger partial charge in [0.1, 0.15) is 0 Å². The number of carbonyl (C=O) groups is 1. The van der Waals surface area contributed by atoms with Crippen LogP contribution in [0.4, 0.5) is 0 Å². The SMILES string of the molecule is CCC1CCCCN1CCNC(=O)[C@@H]1CCC[C@@H]1CN.Cl.Cl. The molecule has 0 spiro atoms. The van der Waals surface area contributed by atoms with Crippen LogP contribution in [0.25, 0.3) is 0 Å². The fourth-order valence-corrected chi connectivity index (χ4v) is 3.93. The van der Waals surface area contributed by atoms with Gasteiger partial charge in [-0.1, -0.05) is 19.8 Å². The number of nitrogens with one attached hydrogen (secondary N) is 1. The van der Waals surface area contributed by atoms with Crippen molar-refractivity contribution in [2.75, 3.05) is 26.2 Å². The Bertz CT molecular complexity index is 318. The molecule has 0 aromatic rings. The summed E-state index contributed by atoms with van der Waals surface area (Å²) in [4.78, 5) is 14.8. The third-order valence-electron chi connectivity index (χ3n) is 5.22. The van der Waals surface area contributed by atoms with Crippen molar-refractivity contribution < 1.29 is 4.79 Å². The first-order chi connectivity index (χ1) is 9.76. The Morgan fingerprint density at radius 1 is 1.18 bits per heavy atom. The fourth-order valence-electron chi connectivity index (χ4n) is 3.93. The maximum absolute atomic E-state index is 12.2. The van der Waals surface area contributed by atoms with Crippen molar-refractivity contribution in [2.24, 2.45) is 17.6 Å². The van der Waals surface area contributed by atoms with Crippen molar-refractivity contribution in [3.63, 3.8) is 0 Å². The van der Waals surface area contributed by atoms with Gasteiger partial charge in [-0.3, -0.25) is 9.69 Å². The largest absolute Gasteiger partial charge is 0.355 e. The molecule has 1 unspecified atom stereocenters. The van der Waals surface area contributed by atoms with Crippen LogP contribution in [0.15, 0.2) is 0 Å². The summed E-state index contributed by atoms with van der Waals surface area (Å²) in [6, 6.07) is 0.726. The molecule has 2 fully saturated rings. The molecule has 0 radical (unpaired) electrons. The van der Waals surface area contributed by atoms with E-state index in [0.717, 1.165) is 38.4 Å². The number of nitrogens with zero attached hydrogens (tertiary/aromatic N) is 1. The highest BCUT2D eigenvalue weighted by Crippen LogP contribution is 2.30. The van der Waals surface area contributed by atoms with E-state index in [2.05, 4.69) is 17.1 Å². The summed E-state index contributed by atoms with van der Waals surface area (Å²) in [7, 11) is 0. The van der Waals surface area contributed by atoms with Crippen LogP contribution in [0, 0.1) is 11.8 Å². The summed E-state index contributed by atoms with van der Waals surface area (Å²) in [5, 5.41) is 3.14. The highest BCUT2D eigenvalue weighted by Gasteiger charge is 2.31. The Kier molecular flexibility index (Phi) is 11.5. The molecule has 2 rings (SSSR count). The van der Waals surface area contributed by atoms with Gasteiger partial charge in [-0.25, -0.2) is 0 Å². The summed E-state index contributed by atoms with van der Waals surface area (Å²) in [5.41, 5.74) is 5.76. The first-order valence-electron chi connectivity index (χ1n) is 8.48. The van der Waals surface area contributed by atoms with Gasteiger partial charge in [0.05, 0.1) is 0 Å². The molecule has 3 atom stereocenters. The molecule has 132 valence electrons. The average Bonchev–Trinajstić information content (AvgIpc) is 2.96. The molecule has 6 heteroatoms. The van der Waals surface area contributed by atoms with Gasteiger partial charge >= 0.3 is 0 Å². The second kappa shape index (κ2) is 11.5. The van der Waals surface area contributed by atoms with Crippen molar-refractivity contribution in [1.82, 2.24) is 10.2 Å². The molecule has 1 saturated heterocycles. The lowest BCUT2D eigenvalue weighted by Crippen LogP contribution is -2.44. The van der Waals surface area contributed by atoms with E-state index < -0.39 is 0 Å². The molecule has 3 N–H and O–H groups in total. The monoisotopic (exact) mass is 353 g/mol. The van der Waals surface area contributed by atoms with Crippen molar-refractivity contribution in [2.45, 2.75) is 57.9 Å². The second-order valence-electron chi connectivity index (χ2n) is 6.42. The van der Waals surface area contributed by atoms with Crippen molar-refractivity contribution >= 4 is 30.7 Å². The maximum atomic E-state index is 12.2. The summed E-state index contributed by atoms with van der Waals surface area (Å²) < 4.78 is 0. The number of amides is 1. The molecule has 2 aliphatic rings. The van der Waals surface area contributed by atoms with Gasteiger partial charge in [-0.15, -0.1) is 24.8 Å². The molecule has 22 heavy (non-hydrogen) atoms. The van der Waals surface area contributed by atoms with E-state index in [0.29, 0.717) is 12.5 Å². The Morgan fingerprint density at radius 3 is 2.64 bits per heavy atom. The van der Waals surface area contributed by atoms with E-state index in [1.54, 1.807) is 0 Å². The predicted molar refractivity (Wildman–Crippen MR) is 96.9 cm³/mol. The third kappa shape index (κ3) is 5.88. The van der Waals surface area contributed by atoms with E-state index in [9.17, 15) is 4.79 Å². The number of carbonyl (C=O) groups excluding carboxylic acids is 1. The highest BCUT2D eigenvalue weighted by atomic mass is 35.5. The van der Waals surface area contributed by atoms with E-state index >= 15 is 0 Å². The van der Waals surface area contributed by atoms with E-state index in [-0.39, 0.29) is 36.6 Å². The summed E-state index contributed by atoms with van der Waals surface area (Å²) in [5.74, 6) is 0.819. The van der Waals surface area contributed by atoms with Gasteiger partial charge in [-0.2, -0.15) is 0 Å². The second-order valence-corrected chi connectivity index (χ2v) is 6.42. The van der Waals surface area contributed by atoms with Crippen LogP contribution in [0.5, 0.6) is 0 Å². The average molecular weight is 354 g/mol. The lowest BCUT2D eigenvalue weighted by molar-refractivity contribution is -0.126. The molecule has 1 aliphatic heterocycles. The van der Waals surface area contributed by atoms with Gasteiger partial charge in [0.2, 0.25) is 5.91 Å². The van der Waals surface area contributed by atoms with Crippen molar-refractivity contribution in [3.05, 3.63) is 0 Å². The lowest BCUT2D eigenvalue weighted by Gasteiger charge is -2.35. The number of nitrogens with two attached hydrogens (primary N) is 1. The highest BCUT2D eigenvalue weighted by molar-refractivity contribution is 5.85. The molecule has 0 aromatic heterocycles. The summed E-state index contributed by atoms with van der Waals surface area (Å²) in [6.45, 7) is 5.92. The molecule has 0 bridgehead atoms. The number of halogens is 2. The van der Waals surface area contributed by atoms with Crippen LogP contribution in [0.3, 0.4) is 0 Å². The number of likely N-dealkylation sites (tertiary alicyclic amines) is 1. The van der Waals surface area contributed by atoms with Crippen LogP contribution in [0.1, 0.15) is 51.9 Å². The Balaban J connectivity index is 0.00000220. The standard InChI is InChI=1S/C16H31N3O.2ClH/c1-2-14-7-3-4-10-19(14)11-9-18-16(20)15-8-5-6-13(15)12-17;;/h13-15H,2-12,17H2,1H3,(H,18,20);2*1H/t13-,14?,15-;;/m1../s1. The number of piperidine rings is 1. The maximum Gasteiger partial charge on any atom is 0.223 e. The van der Waals surface area contributed by atoms with Crippen molar-refractivity contribution in [3.8, 4) is 0 Å². The van der Waals surface area contributed by atoms with Crippen LogP contribution in [-0.2, 0) is 4.79 Å².